The van der Waals surface area contributed by atoms with Crippen molar-refractivity contribution in [2.24, 2.45) is 0 Å². The number of aromatic carboxylic acids is 1. The van der Waals surface area contributed by atoms with Gasteiger partial charge in [-0.25, -0.2) is 9.59 Å². The minimum absolute atomic E-state index is 0.0618. The molecule has 16 heavy (non-hydrogen) atoms. The number of hydrogen-bond donors (Lipinski definition) is 1. The molecule has 1 fully saturated rings. The van der Waals surface area contributed by atoms with Gasteiger partial charge in [-0.3, -0.25) is 0 Å². The molecular formula is C10H12N2O4. The van der Waals surface area contributed by atoms with Gasteiger partial charge in [-0.2, -0.15) is 0 Å². The molecule has 0 atom stereocenters. The summed E-state index contributed by atoms with van der Waals surface area (Å²) in [6.07, 6.45) is 0. The third-order valence-corrected chi connectivity index (χ3v) is 2.52. The highest BCUT2D eigenvalue weighted by atomic mass is 16.4. The zero-order valence-electron chi connectivity index (χ0n) is 8.84. The van der Waals surface area contributed by atoms with Crippen molar-refractivity contribution in [2.45, 2.75) is 6.54 Å². The summed E-state index contributed by atoms with van der Waals surface area (Å²) >= 11 is 0. The summed E-state index contributed by atoms with van der Waals surface area (Å²) in [6, 6.07) is 2.91. The van der Waals surface area contributed by atoms with Crippen molar-refractivity contribution in [1.82, 2.24) is 9.80 Å². The molecule has 1 aliphatic rings. The van der Waals surface area contributed by atoms with Crippen LogP contribution in [0.1, 0.15) is 16.3 Å². The van der Waals surface area contributed by atoms with Gasteiger partial charge in [0.25, 0.3) is 0 Å². The number of carbonyl (C=O) groups is 2. The predicted octanol–water partition coefficient (Wildman–Crippen LogP) is 0.845. The molecule has 0 bridgehead atoms. The lowest BCUT2D eigenvalue weighted by Crippen LogP contribution is -2.28. The average Bonchev–Trinajstić information content (AvgIpc) is 2.81. The number of rotatable bonds is 3. The van der Waals surface area contributed by atoms with Crippen LogP contribution in [0.25, 0.3) is 0 Å². The number of carboxylic acid groups (broad SMARTS) is 1. The molecule has 86 valence electrons. The standard InChI is InChI=1S/C10H12N2O4/c1-11-4-5-12(10(11)15)6-7-2-3-8(16-7)9(13)14/h2-3H,4-6H2,1H3,(H,13,14). The zero-order chi connectivity index (χ0) is 11.7. The van der Waals surface area contributed by atoms with Crippen molar-refractivity contribution in [1.29, 1.82) is 0 Å². The van der Waals surface area contributed by atoms with Gasteiger partial charge in [-0.15, -0.1) is 0 Å². The van der Waals surface area contributed by atoms with E-state index in [1.807, 2.05) is 0 Å². The van der Waals surface area contributed by atoms with E-state index in [1.165, 1.54) is 6.07 Å². The van der Waals surface area contributed by atoms with Gasteiger partial charge in [0.2, 0.25) is 5.76 Å². The maximum atomic E-state index is 11.5. The molecule has 6 heteroatoms. The second kappa shape index (κ2) is 3.88. The summed E-state index contributed by atoms with van der Waals surface area (Å²) in [5.74, 6) is -0.716. The molecule has 1 saturated heterocycles. The van der Waals surface area contributed by atoms with E-state index < -0.39 is 5.97 Å². The Morgan fingerprint density at radius 2 is 2.25 bits per heavy atom. The fourth-order valence-electron chi connectivity index (χ4n) is 1.62. The lowest BCUT2D eigenvalue weighted by atomic mass is 10.4. The molecule has 2 rings (SSSR count). The van der Waals surface area contributed by atoms with E-state index in [9.17, 15) is 9.59 Å². The topological polar surface area (TPSA) is 74.0 Å². The molecule has 1 aliphatic heterocycles. The van der Waals surface area contributed by atoms with E-state index in [0.29, 0.717) is 25.4 Å². The van der Waals surface area contributed by atoms with Crippen LogP contribution in [0.5, 0.6) is 0 Å². The predicted molar refractivity (Wildman–Crippen MR) is 54.1 cm³/mol. The summed E-state index contributed by atoms with van der Waals surface area (Å²) in [4.78, 5) is 25.4. The smallest absolute Gasteiger partial charge is 0.371 e. The molecule has 0 saturated carbocycles. The Labute approximate surface area is 92.0 Å². The van der Waals surface area contributed by atoms with E-state index >= 15 is 0 Å². The first kappa shape index (κ1) is 10.5. The highest BCUT2D eigenvalue weighted by Crippen LogP contribution is 2.14. The number of carbonyl (C=O) groups excluding carboxylic acids is 1. The zero-order valence-corrected chi connectivity index (χ0v) is 8.84. The Bertz CT molecular complexity index is 426. The van der Waals surface area contributed by atoms with Crippen LogP contribution in [0, 0.1) is 0 Å². The lowest BCUT2D eigenvalue weighted by molar-refractivity contribution is 0.0659. The van der Waals surface area contributed by atoms with Crippen LogP contribution in [0.4, 0.5) is 4.79 Å². The fraction of sp³-hybridized carbons (Fsp3) is 0.400. The van der Waals surface area contributed by atoms with Crippen molar-refractivity contribution in [2.75, 3.05) is 20.1 Å². The average molecular weight is 224 g/mol. The van der Waals surface area contributed by atoms with Crippen molar-refractivity contribution in [3.63, 3.8) is 0 Å². The van der Waals surface area contributed by atoms with Crippen LogP contribution in [-0.2, 0) is 6.54 Å². The van der Waals surface area contributed by atoms with E-state index in [1.54, 1.807) is 22.9 Å². The van der Waals surface area contributed by atoms with Crippen LogP contribution < -0.4 is 0 Å². The van der Waals surface area contributed by atoms with Crippen LogP contribution in [0.15, 0.2) is 16.5 Å². The number of nitrogens with zero attached hydrogens (tertiary/aromatic N) is 2. The van der Waals surface area contributed by atoms with Gasteiger partial charge < -0.3 is 19.3 Å². The maximum absolute atomic E-state index is 11.5. The van der Waals surface area contributed by atoms with Crippen LogP contribution in [0.3, 0.4) is 0 Å². The summed E-state index contributed by atoms with van der Waals surface area (Å²) in [5.41, 5.74) is 0. The van der Waals surface area contributed by atoms with Crippen molar-refractivity contribution in [3.05, 3.63) is 23.7 Å². The Hall–Kier alpha value is -1.98. The molecule has 0 aliphatic carbocycles. The van der Waals surface area contributed by atoms with Gasteiger partial charge in [0.1, 0.15) is 5.76 Å². The number of urea groups is 1. The minimum Gasteiger partial charge on any atom is -0.475 e. The molecule has 0 unspecified atom stereocenters. The SMILES string of the molecule is CN1CCN(Cc2ccc(C(=O)O)o2)C1=O. The largest absolute Gasteiger partial charge is 0.475 e. The molecular weight excluding hydrogens is 212 g/mol. The second-order valence-corrected chi connectivity index (χ2v) is 3.70. The number of furan rings is 1. The first-order chi connectivity index (χ1) is 7.58. The molecule has 1 aromatic rings. The van der Waals surface area contributed by atoms with E-state index in [0.717, 1.165) is 0 Å². The molecule has 2 amide bonds. The Morgan fingerprint density at radius 3 is 2.75 bits per heavy atom. The van der Waals surface area contributed by atoms with E-state index in [4.69, 9.17) is 9.52 Å². The Morgan fingerprint density at radius 1 is 1.50 bits per heavy atom. The maximum Gasteiger partial charge on any atom is 0.371 e. The van der Waals surface area contributed by atoms with Gasteiger partial charge in [0, 0.05) is 20.1 Å². The van der Waals surface area contributed by atoms with Crippen molar-refractivity contribution < 1.29 is 19.1 Å². The van der Waals surface area contributed by atoms with Gasteiger partial charge in [-0.05, 0) is 12.1 Å². The minimum atomic E-state index is -1.10. The van der Waals surface area contributed by atoms with Gasteiger partial charge in [-0.1, -0.05) is 0 Å². The number of hydrogen-bond acceptors (Lipinski definition) is 3. The van der Waals surface area contributed by atoms with Gasteiger partial charge in [0.05, 0.1) is 6.54 Å². The Balaban J connectivity index is 2.04. The molecule has 0 spiro atoms. The van der Waals surface area contributed by atoms with E-state index in [-0.39, 0.29) is 11.8 Å². The van der Waals surface area contributed by atoms with Gasteiger partial charge in [0.15, 0.2) is 0 Å². The highest BCUT2D eigenvalue weighted by molar-refractivity contribution is 5.84. The summed E-state index contributed by atoms with van der Waals surface area (Å²) in [7, 11) is 1.73. The number of likely N-dealkylation sites (N-methyl/N-ethyl adjacent to an activating group) is 1. The van der Waals surface area contributed by atoms with Gasteiger partial charge >= 0.3 is 12.0 Å². The Kier molecular flexibility index (Phi) is 2.55. The number of carboxylic acids is 1. The monoisotopic (exact) mass is 224 g/mol. The highest BCUT2D eigenvalue weighted by Gasteiger charge is 2.26. The molecule has 1 N–H and O–H groups in total. The molecule has 0 radical (unpaired) electrons. The molecule has 6 nitrogen and oxygen atoms in total. The molecule has 2 heterocycles. The van der Waals surface area contributed by atoms with Crippen LogP contribution in [-0.4, -0.2) is 47.0 Å². The van der Waals surface area contributed by atoms with Crippen LogP contribution >= 0.6 is 0 Å². The van der Waals surface area contributed by atoms with E-state index in [2.05, 4.69) is 0 Å². The summed E-state index contributed by atoms with van der Waals surface area (Å²) in [6.45, 7) is 1.64. The third-order valence-electron chi connectivity index (χ3n) is 2.52. The first-order valence-corrected chi connectivity index (χ1v) is 4.90. The normalized spacial score (nSPS) is 15.9. The summed E-state index contributed by atoms with van der Waals surface area (Å²) in [5, 5.41) is 8.67. The fourth-order valence-corrected chi connectivity index (χ4v) is 1.62. The second-order valence-electron chi connectivity index (χ2n) is 3.70. The van der Waals surface area contributed by atoms with Crippen molar-refractivity contribution in [3.8, 4) is 0 Å². The quantitative estimate of drug-likeness (QED) is 0.825. The summed E-state index contributed by atoms with van der Waals surface area (Å²) < 4.78 is 5.08. The lowest BCUT2D eigenvalue weighted by Gasteiger charge is -2.13. The molecule has 1 aromatic heterocycles. The van der Waals surface area contributed by atoms with Crippen molar-refractivity contribution >= 4 is 12.0 Å². The third kappa shape index (κ3) is 1.86. The molecule has 0 aromatic carbocycles. The first-order valence-electron chi connectivity index (χ1n) is 4.90. The number of amides is 2. The van der Waals surface area contributed by atoms with Crippen LogP contribution in [0.2, 0.25) is 0 Å².